The van der Waals surface area contributed by atoms with Crippen molar-refractivity contribution in [2.75, 3.05) is 5.43 Å². The fourth-order valence-electron chi connectivity index (χ4n) is 1.83. The van der Waals surface area contributed by atoms with Gasteiger partial charge in [-0.2, -0.15) is 10.2 Å². The third kappa shape index (κ3) is 3.48. The molecule has 0 saturated carbocycles. The van der Waals surface area contributed by atoms with E-state index in [9.17, 15) is 0 Å². The normalized spacial score (nSPS) is 11.0. The van der Waals surface area contributed by atoms with E-state index < -0.39 is 0 Å². The molecule has 0 saturated heterocycles. The molecule has 0 amide bonds. The van der Waals surface area contributed by atoms with Gasteiger partial charge in [-0.1, -0.05) is 23.7 Å². The second kappa shape index (κ2) is 6.36. The number of rotatable bonds is 4. The maximum Gasteiger partial charge on any atom is 0.158 e. The van der Waals surface area contributed by atoms with Crippen molar-refractivity contribution in [3.05, 3.63) is 65.2 Å². The molecule has 0 unspecified atom stereocenters. The van der Waals surface area contributed by atoms with Gasteiger partial charge in [0.25, 0.3) is 0 Å². The molecule has 0 atom stereocenters. The van der Waals surface area contributed by atoms with Crippen LogP contribution in [0, 0.1) is 6.92 Å². The highest BCUT2D eigenvalue weighted by Gasteiger charge is 2.01. The molecule has 110 valence electrons. The molecule has 22 heavy (non-hydrogen) atoms. The maximum absolute atomic E-state index is 5.92. The first-order chi connectivity index (χ1) is 10.7. The summed E-state index contributed by atoms with van der Waals surface area (Å²) in [5.41, 5.74) is 4.83. The van der Waals surface area contributed by atoms with Crippen molar-refractivity contribution in [2.45, 2.75) is 6.92 Å². The average molecular weight is 313 g/mol. The second-order valence-corrected chi connectivity index (χ2v) is 5.09. The first-order valence-corrected chi connectivity index (χ1v) is 6.97. The van der Waals surface area contributed by atoms with Crippen LogP contribution in [0.1, 0.15) is 11.1 Å². The van der Waals surface area contributed by atoms with Gasteiger partial charge in [0.05, 0.1) is 12.4 Å². The minimum absolute atomic E-state index is 0.580. The van der Waals surface area contributed by atoms with Gasteiger partial charge in [-0.05, 0) is 30.2 Å². The Hall–Kier alpha value is -2.73. The van der Waals surface area contributed by atoms with Crippen LogP contribution in [0.2, 0.25) is 5.02 Å². The van der Waals surface area contributed by atoms with E-state index in [0.29, 0.717) is 16.7 Å². The summed E-state index contributed by atoms with van der Waals surface area (Å²) in [4.78, 5) is 8.30. The summed E-state index contributed by atoms with van der Waals surface area (Å²) >= 11 is 5.92. The number of hydrogen-bond acceptors (Lipinski definition) is 5. The van der Waals surface area contributed by atoms with Crippen LogP contribution in [0.15, 0.2) is 54.2 Å². The minimum atomic E-state index is 0.580. The zero-order chi connectivity index (χ0) is 15.4. The third-order valence-electron chi connectivity index (χ3n) is 2.84. The summed E-state index contributed by atoms with van der Waals surface area (Å²) in [6, 6.07) is 9.18. The molecule has 0 aliphatic carbocycles. The van der Waals surface area contributed by atoms with E-state index in [-0.39, 0.29) is 0 Å². The molecule has 1 N–H and O–H groups in total. The van der Waals surface area contributed by atoms with Gasteiger partial charge in [0.2, 0.25) is 0 Å². The number of anilines is 1. The largest absolute Gasteiger partial charge is 0.261 e. The Balaban J connectivity index is 1.73. The predicted octanol–water partition coefficient (Wildman–Crippen LogP) is 3.07. The van der Waals surface area contributed by atoms with E-state index >= 15 is 0 Å². The van der Waals surface area contributed by atoms with Crippen LogP contribution in [0.3, 0.4) is 0 Å². The smallest absolute Gasteiger partial charge is 0.158 e. The Morgan fingerprint density at radius 2 is 2.18 bits per heavy atom. The minimum Gasteiger partial charge on any atom is -0.261 e. The second-order valence-electron chi connectivity index (χ2n) is 4.65. The van der Waals surface area contributed by atoms with Crippen molar-refractivity contribution in [1.29, 1.82) is 0 Å². The molecule has 3 rings (SSSR count). The Labute approximate surface area is 132 Å². The lowest BCUT2D eigenvalue weighted by Crippen LogP contribution is -2.01. The van der Waals surface area contributed by atoms with Crippen molar-refractivity contribution >= 4 is 23.6 Å². The van der Waals surface area contributed by atoms with Crippen LogP contribution in [0.5, 0.6) is 0 Å². The molecular weight excluding hydrogens is 300 g/mol. The molecule has 3 aromatic rings. The first-order valence-electron chi connectivity index (χ1n) is 6.59. The van der Waals surface area contributed by atoms with Crippen molar-refractivity contribution in [2.24, 2.45) is 5.10 Å². The van der Waals surface area contributed by atoms with Crippen molar-refractivity contribution in [1.82, 2.24) is 19.7 Å². The van der Waals surface area contributed by atoms with E-state index in [1.54, 1.807) is 23.2 Å². The molecule has 6 nitrogen and oxygen atoms in total. The Morgan fingerprint density at radius 1 is 1.27 bits per heavy atom. The van der Waals surface area contributed by atoms with Gasteiger partial charge in [-0.25, -0.2) is 14.6 Å². The van der Waals surface area contributed by atoms with Crippen LogP contribution >= 0.6 is 11.6 Å². The zero-order valence-corrected chi connectivity index (χ0v) is 12.6. The molecule has 0 bridgehead atoms. The van der Waals surface area contributed by atoms with Crippen molar-refractivity contribution in [3.8, 4) is 5.82 Å². The van der Waals surface area contributed by atoms with Crippen LogP contribution in [-0.2, 0) is 0 Å². The Morgan fingerprint density at radius 3 is 2.95 bits per heavy atom. The third-order valence-corrected chi connectivity index (χ3v) is 3.08. The molecule has 0 aliphatic rings. The highest BCUT2D eigenvalue weighted by atomic mass is 35.5. The highest BCUT2D eigenvalue weighted by Crippen LogP contribution is 2.10. The molecule has 0 aliphatic heterocycles. The summed E-state index contributed by atoms with van der Waals surface area (Å²) in [5.74, 6) is 1.25. The van der Waals surface area contributed by atoms with E-state index in [4.69, 9.17) is 11.6 Å². The summed E-state index contributed by atoms with van der Waals surface area (Å²) in [6.07, 6.45) is 6.79. The quantitative estimate of drug-likeness (QED) is 0.594. The van der Waals surface area contributed by atoms with E-state index in [2.05, 4.69) is 25.6 Å². The number of aromatic nitrogens is 4. The number of hydrazone groups is 1. The molecule has 0 spiro atoms. The van der Waals surface area contributed by atoms with Gasteiger partial charge in [0.15, 0.2) is 11.6 Å². The highest BCUT2D eigenvalue weighted by molar-refractivity contribution is 6.30. The Bertz CT molecular complexity index is 811. The number of hydrogen-bond donors (Lipinski definition) is 1. The summed E-state index contributed by atoms with van der Waals surface area (Å²) in [6.45, 7) is 1.97. The number of benzene rings is 1. The van der Waals surface area contributed by atoms with Crippen LogP contribution < -0.4 is 5.43 Å². The van der Waals surface area contributed by atoms with Crippen molar-refractivity contribution in [3.63, 3.8) is 0 Å². The number of halogens is 1. The lowest BCUT2D eigenvalue weighted by atomic mass is 10.2. The molecule has 0 fully saturated rings. The fraction of sp³-hybridized carbons (Fsp3) is 0.0667. The lowest BCUT2D eigenvalue weighted by molar-refractivity contribution is 0.839. The summed E-state index contributed by atoms with van der Waals surface area (Å²) in [5, 5.41) is 9.02. The first kappa shape index (κ1) is 14.2. The van der Waals surface area contributed by atoms with Crippen LogP contribution in [0.4, 0.5) is 5.82 Å². The molecule has 7 heteroatoms. The van der Waals surface area contributed by atoms with Crippen molar-refractivity contribution < 1.29 is 0 Å². The van der Waals surface area contributed by atoms with Gasteiger partial charge >= 0.3 is 0 Å². The van der Waals surface area contributed by atoms with Gasteiger partial charge in [-0.3, -0.25) is 5.43 Å². The maximum atomic E-state index is 5.92. The van der Waals surface area contributed by atoms with Gasteiger partial charge in [0, 0.05) is 17.3 Å². The van der Waals surface area contributed by atoms with Gasteiger partial charge in [0.1, 0.15) is 6.33 Å². The topological polar surface area (TPSA) is 68.0 Å². The molecule has 2 heterocycles. The fourth-order valence-corrected chi connectivity index (χ4v) is 2.03. The summed E-state index contributed by atoms with van der Waals surface area (Å²) in [7, 11) is 0. The van der Waals surface area contributed by atoms with Crippen LogP contribution in [-0.4, -0.2) is 26.0 Å². The average Bonchev–Trinajstić information content (AvgIpc) is 2.94. The molecular formula is C15H13ClN6. The monoisotopic (exact) mass is 312 g/mol. The lowest BCUT2D eigenvalue weighted by Gasteiger charge is -2.02. The van der Waals surface area contributed by atoms with Gasteiger partial charge in [-0.15, -0.1) is 0 Å². The summed E-state index contributed by atoms with van der Waals surface area (Å²) < 4.78 is 1.68. The standard InChI is InChI=1S/C15H13ClN6/c1-11-7-20-22(9-11)15-6-14(17-10-18-15)21-19-8-12-3-2-4-13(16)5-12/h2-10H,1H3,(H,17,18,21)/b19-8-. The molecule has 0 radical (unpaired) electrons. The Kier molecular flexibility index (Phi) is 4.11. The van der Waals surface area contributed by atoms with E-state index in [0.717, 1.165) is 11.1 Å². The zero-order valence-electron chi connectivity index (χ0n) is 11.8. The molecule has 1 aromatic carbocycles. The predicted molar refractivity (Wildman–Crippen MR) is 86.6 cm³/mol. The number of nitrogens with zero attached hydrogens (tertiary/aromatic N) is 5. The van der Waals surface area contributed by atoms with Crippen LogP contribution in [0.25, 0.3) is 5.82 Å². The number of aryl methyl sites for hydroxylation is 1. The number of nitrogens with one attached hydrogen (secondary N) is 1. The molecule has 2 aromatic heterocycles. The SMILES string of the molecule is Cc1cnn(-c2cc(N/N=C\c3cccc(Cl)c3)ncn2)c1. The van der Waals surface area contributed by atoms with Gasteiger partial charge < -0.3 is 0 Å². The van der Waals surface area contributed by atoms with E-state index in [1.165, 1.54) is 6.33 Å². The van der Waals surface area contributed by atoms with E-state index in [1.807, 2.05) is 37.4 Å².